The summed E-state index contributed by atoms with van der Waals surface area (Å²) in [6.45, 7) is 9.56. The molecule has 184 valence electrons. The molecule has 1 saturated carbocycles. The Balaban J connectivity index is 1.36. The molecule has 0 spiro atoms. The Morgan fingerprint density at radius 3 is 2.50 bits per heavy atom. The van der Waals surface area contributed by atoms with Gasteiger partial charge in [0.25, 0.3) is 0 Å². The van der Waals surface area contributed by atoms with Crippen LogP contribution in [0.3, 0.4) is 0 Å². The van der Waals surface area contributed by atoms with Gasteiger partial charge in [0.05, 0.1) is 12.0 Å². The molecule has 34 heavy (non-hydrogen) atoms. The number of nitrogens with zero attached hydrogens (tertiary/aromatic N) is 1. The van der Waals surface area contributed by atoms with Crippen molar-refractivity contribution in [2.45, 2.75) is 71.4 Å². The summed E-state index contributed by atoms with van der Waals surface area (Å²) in [7, 11) is 0. The Morgan fingerprint density at radius 1 is 1.12 bits per heavy atom. The third-order valence-electron chi connectivity index (χ3n) is 8.18. The molecule has 1 aliphatic heterocycles. The lowest BCUT2D eigenvalue weighted by Crippen LogP contribution is -2.45. The van der Waals surface area contributed by atoms with Gasteiger partial charge in [-0.1, -0.05) is 44.2 Å². The van der Waals surface area contributed by atoms with E-state index in [9.17, 15) is 9.18 Å². The van der Waals surface area contributed by atoms with Crippen LogP contribution in [0.25, 0.3) is 0 Å². The molecular weight excluding hydrogens is 427 g/mol. The van der Waals surface area contributed by atoms with E-state index in [-0.39, 0.29) is 23.1 Å². The summed E-state index contributed by atoms with van der Waals surface area (Å²) in [5.41, 5.74) is 1.95. The quantitative estimate of drug-likeness (QED) is 0.525. The second-order valence-corrected chi connectivity index (χ2v) is 10.3. The monoisotopic (exact) mass is 466 g/mol. The number of benzene rings is 2. The zero-order chi connectivity index (χ0) is 24.1. The number of likely N-dealkylation sites (tertiary alicyclic amines) is 1. The number of piperidine rings is 1. The molecule has 2 fully saturated rings. The molecule has 0 aromatic heterocycles. The van der Waals surface area contributed by atoms with Crippen molar-refractivity contribution in [1.29, 1.82) is 0 Å². The van der Waals surface area contributed by atoms with Crippen molar-refractivity contribution < 1.29 is 13.9 Å². The summed E-state index contributed by atoms with van der Waals surface area (Å²) < 4.78 is 19.0. The van der Waals surface area contributed by atoms with Gasteiger partial charge in [-0.15, -0.1) is 0 Å². The van der Waals surface area contributed by atoms with Gasteiger partial charge in [-0.25, -0.2) is 4.39 Å². The zero-order valence-corrected chi connectivity index (χ0v) is 20.9. The van der Waals surface area contributed by atoms with Crippen LogP contribution in [0.4, 0.5) is 4.39 Å². The van der Waals surface area contributed by atoms with Crippen LogP contribution < -0.4 is 10.1 Å². The number of nitrogens with one attached hydrogen (secondary N) is 1. The van der Waals surface area contributed by atoms with Gasteiger partial charge in [0.15, 0.2) is 0 Å². The molecule has 4 nitrogen and oxygen atoms in total. The van der Waals surface area contributed by atoms with Gasteiger partial charge >= 0.3 is 0 Å². The third kappa shape index (κ3) is 5.30. The molecule has 2 atom stereocenters. The SMILES string of the molecule is CCOc1ccccc1CNC(=O)C1(C(C)C)CCC(N2CCC(c3ccc(F)cc3)CC2)C1. The first-order valence-corrected chi connectivity index (χ1v) is 12.9. The maximum atomic E-state index is 13.5. The van der Waals surface area contributed by atoms with Crippen LogP contribution in [0, 0.1) is 17.2 Å². The molecule has 2 unspecified atom stereocenters. The number of hydrogen-bond acceptors (Lipinski definition) is 3. The van der Waals surface area contributed by atoms with Crippen LogP contribution in [0.5, 0.6) is 5.75 Å². The van der Waals surface area contributed by atoms with Crippen molar-refractivity contribution in [2.24, 2.45) is 11.3 Å². The molecule has 2 aromatic carbocycles. The second-order valence-electron chi connectivity index (χ2n) is 10.3. The Hall–Kier alpha value is -2.40. The fraction of sp³-hybridized carbons (Fsp3) is 0.552. The van der Waals surface area contributed by atoms with E-state index in [4.69, 9.17) is 4.74 Å². The molecule has 1 saturated heterocycles. The molecule has 1 aliphatic carbocycles. The Labute approximate surface area is 203 Å². The minimum Gasteiger partial charge on any atom is -0.494 e. The van der Waals surface area contributed by atoms with Crippen molar-refractivity contribution in [1.82, 2.24) is 10.2 Å². The van der Waals surface area contributed by atoms with Gasteiger partial charge in [0, 0.05) is 18.2 Å². The van der Waals surface area contributed by atoms with E-state index < -0.39 is 0 Å². The van der Waals surface area contributed by atoms with Crippen LogP contribution in [0.15, 0.2) is 48.5 Å². The van der Waals surface area contributed by atoms with E-state index in [2.05, 4.69) is 24.1 Å². The summed E-state index contributed by atoms with van der Waals surface area (Å²) in [5, 5.41) is 3.25. The standard InChI is InChI=1S/C29H39FN2O2/c1-4-34-27-8-6-5-7-24(27)20-31-28(33)29(21(2)3)16-13-26(19-29)32-17-14-23(15-18-32)22-9-11-25(30)12-10-22/h5-12,21,23,26H,4,13-20H2,1-3H3,(H,31,33). The van der Waals surface area contributed by atoms with Gasteiger partial charge in [-0.05, 0) is 87.7 Å². The number of para-hydroxylation sites is 1. The molecule has 4 rings (SSSR count). The first-order valence-electron chi connectivity index (χ1n) is 12.9. The molecule has 1 heterocycles. The largest absolute Gasteiger partial charge is 0.494 e. The molecule has 2 aliphatic rings. The summed E-state index contributed by atoms with van der Waals surface area (Å²) in [6.07, 6.45) is 5.12. The van der Waals surface area contributed by atoms with Crippen molar-refractivity contribution >= 4 is 5.91 Å². The number of ether oxygens (including phenoxy) is 1. The van der Waals surface area contributed by atoms with Crippen molar-refractivity contribution in [3.05, 3.63) is 65.5 Å². The predicted octanol–water partition coefficient (Wildman–Crippen LogP) is 5.92. The highest BCUT2D eigenvalue weighted by Crippen LogP contribution is 2.47. The highest BCUT2D eigenvalue weighted by molar-refractivity contribution is 5.83. The van der Waals surface area contributed by atoms with Gasteiger partial charge in [-0.2, -0.15) is 0 Å². The van der Waals surface area contributed by atoms with Crippen LogP contribution >= 0.6 is 0 Å². The summed E-state index contributed by atoms with van der Waals surface area (Å²) in [4.78, 5) is 16.1. The Morgan fingerprint density at radius 2 is 1.82 bits per heavy atom. The van der Waals surface area contributed by atoms with E-state index >= 15 is 0 Å². The maximum Gasteiger partial charge on any atom is 0.226 e. The first-order chi connectivity index (χ1) is 16.4. The smallest absolute Gasteiger partial charge is 0.226 e. The third-order valence-corrected chi connectivity index (χ3v) is 8.18. The van der Waals surface area contributed by atoms with E-state index in [1.165, 1.54) is 5.56 Å². The molecular formula is C29H39FN2O2. The van der Waals surface area contributed by atoms with Crippen molar-refractivity contribution in [2.75, 3.05) is 19.7 Å². The number of carbonyl (C=O) groups excluding carboxylic acids is 1. The molecule has 0 radical (unpaired) electrons. The van der Waals surface area contributed by atoms with Crippen LogP contribution in [-0.2, 0) is 11.3 Å². The van der Waals surface area contributed by atoms with Crippen LogP contribution in [0.1, 0.15) is 69.9 Å². The summed E-state index contributed by atoms with van der Waals surface area (Å²) in [5.74, 6) is 1.64. The second kappa shape index (κ2) is 10.9. The molecule has 2 aromatic rings. The Bertz CT molecular complexity index is 953. The first kappa shape index (κ1) is 24.7. The van der Waals surface area contributed by atoms with Crippen molar-refractivity contribution in [3.8, 4) is 5.75 Å². The average Bonchev–Trinajstić information content (AvgIpc) is 3.31. The molecule has 1 amide bonds. The predicted molar refractivity (Wildman–Crippen MR) is 134 cm³/mol. The lowest BCUT2D eigenvalue weighted by Gasteiger charge is -2.38. The van der Waals surface area contributed by atoms with Gasteiger partial charge in [0.2, 0.25) is 5.91 Å². The Kier molecular flexibility index (Phi) is 7.92. The lowest BCUT2D eigenvalue weighted by molar-refractivity contribution is -0.133. The topological polar surface area (TPSA) is 41.6 Å². The van der Waals surface area contributed by atoms with E-state index in [1.807, 2.05) is 43.3 Å². The average molecular weight is 467 g/mol. The fourth-order valence-corrected chi connectivity index (χ4v) is 5.98. The minimum absolute atomic E-state index is 0.170. The van der Waals surface area contributed by atoms with Gasteiger partial charge < -0.3 is 15.0 Å². The fourth-order valence-electron chi connectivity index (χ4n) is 5.98. The number of rotatable bonds is 8. The maximum absolute atomic E-state index is 13.5. The summed E-state index contributed by atoms with van der Waals surface area (Å²) in [6, 6.07) is 15.4. The normalized spacial score (nSPS) is 23.9. The molecule has 5 heteroatoms. The highest BCUT2D eigenvalue weighted by Gasteiger charge is 2.49. The highest BCUT2D eigenvalue weighted by atomic mass is 19.1. The minimum atomic E-state index is -0.320. The number of amides is 1. The number of hydrogen-bond donors (Lipinski definition) is 1. The van der Waals surface area contributed by atoms with Gasteiger partial charge in [-0.3, -0.25) is 4.79 Å². The molecule has 0 bridgehead atoms. The number of carbonyl (C=O) groups is 1. The van der Waals surface area contributed by atoms with Crippen molar-refractivity contribution in [3.63, 3.8) is 0 Å². The van der Waals surface area contributed by atoms with E-state index in [0.717, 1.165) is 56.5 Å². The van der Waals surface area contributed by atoms with E-state index in [1.54, 1.807) is 12.1 Å². The summed E-state index contributed by atoms with van der Waals surface area (Å²) >= 11 is 0. The van der Waals surface area contributed by atoms with E-state index in [0.29, 0.717) is 25.1 Å². The molecule has 1 N–H and O–H groups in total. The zero-order valence-electron chi connectivity index (χ0n) is 20.9. The lowest BCUT2D eigenvalue weighted by atomic mass is 9.74. The van der Waals surface area contributed by atoms with Crippen LogP contribution in [0.2, 0.25) is 0 Å². The van der Waals surface area contributed by atoms with Crippen LogP contribution in [-0.4, -0.2) is 36.5 Å². The van der Waals surface area contributed by atoms with Gasteiger partial charge in [0.1, 0.15) is 11.6 Å². The number of halogens is 1.